The molecule has 1 aromatic carbocycles. The van der Waals surface area contributed by atoms with Crippen molar-refractivity contribution in [1.82, 2.24) is 5.32 Å². The molecule has 0 saturated carbocycles. The van der Waals surface area contributed by atoms with Crippen LogP contribution in [0, 0.1) is 0 Å². The highest BCUT2D eigenvalue weighted by Gasteiger charge is 2.07. The molecule has 7 heteroatoms. The Bertz CT molecular complexity index is 480. The van der Waals surface area contributed by atoms with Gasteiger partial charge >= 0.3 is 0 Å². The third-order valence-corrected chi connectivity index (χ3v) is 2.70. The topological polar surface area (TPSA) is 104 Å². The first kappa shape index (κ1) is 13.5. The third-order valence-electron chi connectivity index (χ3n) is 1.98. The van der Waals surface area contributed by atoms with E-state index in [1.165, 1.54) is 12.1 Å². The zero-order chi connectivity index (χ0) is 12.9. The lowest BCUT2D eigenvalue weighted by Crippen LogP contribution is -2.30. The summed E-state index contributed by atoms with van der Waals surface area (Å²) in [7, 11) is -4.05. The van der Waals surface area contributed by atoms with Gasteiger partial charge in [-0.3, -0.25) is 9.35 Å². The molecule has 0 fully saturated rings. The number of benzene rings is 1. The van der Waals surface area contributed by atoms with Gasteiger partial charge in [-0.1, -0.05) is 12.1 Å². The van der Waals surface area contributed by atoms with Gasteiger partial charge in [-0.2, -0.15) is 8.42 Å². The number of carbonyl (C=O) groups is 1. The molecule has 17 heavy (non-hydrogen) atoms. The first-order valence-corrected chi connectivity index (χ1v) is 6.47. The van der Waals surface area contributed by atoms with Crippen LogP contribution in [0.3, 0.4) is 0 Å². The number of carbonyl (C=O) groups excluding carboxylic acids is 1. The van der Waals surface area contributed by atoms with Crippen LogP contribution < -0.4 is 5.32 Å². The summed E-state index contributed by atoms with van der Waals surface area (Å²) in [4.78, 5) is 11.3. The number of hydrogen-bond acceptors (Lipinski definition) is 4. The lowest BCUT2D eigenvalue weighted by Gasteiger charge is -2.04. The second-order valence-electron chi connectivity index (χ2n) is 3.48. The van der Waals surface area contributed by atoms with Gasteiger partial charge in [0.05, 0.1) is 12.2 Å². The van der Waals surface area contributed by atoms with E-state index in [9.17, 15) is 13.2 Å². The zero-order valence-electron chi connectivity index (χ0n) is 8.96. The maximum atomic E-state index is 11.3. The van der Waals surface area contributed by atoms with E-state index in [2.05, 4.69) is 5.32 Å². The molecule has 0 atom stereocenters. The lowest BCUT2D eigenvalue weighted by atomic mass is 10.1. The minimum atomic E-state index is -4.05. The van der Waals surface area contributed by atoms with Gasteiger partial charge in [0.25, 0.3) is 10.1 Å². The van der Waals surface area contributed by atoms with Gasteiger partial charge in [0, 0.05) is 6.54 Å². The zero-order valence-corrected chi connectivity index (χ0v) is 9.77. The molecule has 0 bridgehead atoms. The molecule has 0 aliphatic carbocycles. The Labute approximate surface area is 99.0 Å². The van der Waals surface area contributed by atoms with Crippen molar-refractivity contribution in [3.63, 3.8) is 0 Å². The first-order valence-electron chi connectivity index (χ1n) is 4.86. The summed E-state index contributed by atoms with van der Waals surface area (Å²) in [5.74, 6) is -0.742. The van der Waals surface area contributed by atoms with Gasteiger partial charge in [-0.25, -0.2) is 0 Å². The minimum absolute atomic E-state index is 0.0890. The highest BCUT2D eigenvalue weighted by atomic mass is 32.2. The number of amides is 1. The maximum absolute atomic E-state index is 11.3. The predicted molar refractivity (Wildman–Crippen MR) is 61.2 cm³/mol. The summed E-state index contributed by atoms with van der Waals surface area (Å²) in [6.45, 7) is -0.129. The molecule has 94 valence electrons. The van der Waals surface area contributed by atoms with E-state index in [4.69, 9.17) is 9.66 Å². The Balaban J connectivity index is 2.37. The number of rotatable bonds is 5. The molecule has 0 aliphatic rings. The van der Waals surface area contributed by atoms with Gasteiger partial charge < -0.3 is 10.4 Å². The fourth-order valence-electron chi connectivity index (χ4n) is 1.18. The monoisotopic (exact) mass is 259 g/mol. The maximum Gasteiger partial charge on any atom is 0.266 e. The van der Waals surface area contributed by atoms with E-state index < -0.39 is 15.9 Å². The van der Waals surface area contributed by atoms with Crippen molar-refractivity contribution >= 4 is 16.0 Å². The summed E-state index contributed by atoms with van der Waals surface area (Å²) in [6.07, 6.45) is 0.0890. The molecular weight excluding hydrogens is 246 g/mol. The van der Waals surface area contributed by atoms with Gasteiger partial charge in [0.15, 0.2) is 0 Å². The number of nitrogens with one attached hydrogen (secondary N) is 1. The lowest BCUT2D eigenvalue weighted by molar-refractivity contribution is -0.120. The molecule has 1 aromatic rings. The van der Waals surface area contributed by atoms with Crippen molar-refractivity contribution in [2.45, 2.75) is 6.42 Å². The van der Waals surface area contributed by atoms with Crippen molar-refractivity contribution in [3.8, 4) is 5.75 Å². The third kappa shape index (κ3) is 5.88. The van der Waals surface area contributed by atoms with Gasteiger partial charge in [0.2, 0.25) is 5.91 Å². The van der Waals surface area contributed by atoms with E-state index in [1.54, 1.807) is 12.1 Å². The van der Waals surface area contributed by atoms with Crippen LogP contribution in [0.25, 0.3) is 0 Å². The molecule has 1 rings (SSSR count). The van der Waals surface area contributed by atoms with Crippen molar-refractivity contribution in [2.75, 3.05) is 12.3 Å². The van der Waals surface area contributed by atoms with E-state index in [1.807, 2.05) is 0 Å². The molecule has 6 nitrogen and oxygen atoms in total. The number of phenolic OH excluding ortho intramolecular Hbond substituents is 1. The normalized spacial score (nSPS) is 11.1. The molecule has 0 aliphatic heterocycles. The SMILES string of the molecule is O=C(Cc1ccc(O)cc1)NCCS(=O)(=O)O. The number of hydrogen-bond donors (Lipinski definition) is 3. The number of phenols is 1. The molecule has 0 unspecified atom stereocenters. The summed E-state index contributed by atoms with van der Waals surface area (Å²) >= 11 is 0. The van der Waals surface area contributed by atoms with Crippen molar-refractivity contribution < 1.29 is 22.9 Å². The second kappa shape index (κ2) is 5.65. The van der Waals surface area contributed by atoms with Crippen molar-refractivity contribution in [3.05, 3.63) is 29.8 Å². The van der Waals surface area contributed by atoms with Gasteiger partial charge in [-0.15, -0.1) is 0 Å². The van der Waals surface area contributed by atoms with Crippen LogP contribution in [-0.2, 0) is 21.3 Å². The van der Waals surface area contributed by atoms with Crippen molar-refractivity contribution in [1.29, 1.82) is 0 Å². The standard InChI is InChI=1S/C10H13NO5S/c12-9-3-1-8(2-4-9)7-10(13)11-5-6-17(14,15)16/h1-4,12H,5-7H2,(H,11,13)(H,14,15,16). The number of aromatic hydroxyl groups is 1. The Kier molecular flexibility index (Phi) is 4.47. The van der Waals surface area contributed by atoms with Crippen LogP contribution >= 0.6 is 0 Å². The molecule has 0 radical (unpaired) electrons. The van der Waals surface area contributed by atoms with Crippen LogP contribution in [-0.4, -0.2) is 36.3 Å². The molecule has 3 N–H and O–H groups in total. The van der Waals surface area contributed by atoms with Crippen LogP contribution in [0.5, 0.6) is 5.75 Å². The molecule has 0 aromatic heterocycles. The van der Waals surface area contributed by atoms with Gasteiger partial charge in [-0.05, 0) is 17.7 Å². The highest BCUT2D eigenvalue weighted by molar-refractivity contribution is 7.85. The summed E-state index contributed by atoms with van der Waals surface area (Å²) in [5.41, 5.74) is 0.701. The molecular formula is C10H13NO5S. The average molecular weight is 259 g/mol. The summed E-state index contributed by atoms with van der Waals surface area (Å²) < 4.78 is 29.2. The molecule has 1 amide bonds. The van der Waals surface area contributed by atoms with Crippen LogP contribution in [0.1, 0.15) is 5.56 Å². The predicted octanol–water partition coefficient (Wildman–Crippen LogP) is -0.0613. The quantitative estimate of drug-likeness (QED) is 0.643. The summed E-state index contributed by atoms with van der Waals surface area (Å²) in [6, 6.07) is 6.11. The Morgan fingerprint density at radius 1 is 1.24 bits per heavy atom. The van der Waals surface area contributed by atoms with Gasteiger partial charge in [0.1, 0.15) is 5.75 Å². The smallest absolute Gasteiger partial charge is 0.266 e. The first-order chi connectivity index (χ1) is 7.87. The Hall–Kier alpha value is -1.60. The second-order valence-corrected chi connectivity index (χ2v) is 5.05. The van der Waals surface area contributed by atoms with Crippen molar-refractivity contribution in [2.24, 2.45) is 0 Å². The molecule has 0 spiro atoms. The van der Waals surface area contributed by atoms with Crippen LogP contribution in [0.4, 0.5) is 0 Å². The fourth-order valence-corrected chi connectivity index (χ4v) is 1.54. The van der Waals surface area contributed by atoms with E-state index in [0.717, 1.165) is 0 Å². The Morgan fingerprint density at radius 3 is 2.35 bits per heavy atom. The largest absolute Gasteiger partial charge is 0.508 e. The molecule has 0 heterocycles. The summed E-state index contributed by atoms with van der Waals surface area (Å²) in [5, 5.41) is 11.4. The van der Waals surface area contributed by atoms with E-state index >= 15 is 0 Å². The van der Waals surface area contributed by atoms with E-state index in [0.29, 0.717) is 5.56 Å². The Morgan fingerprint density at radius 2 is 1.82 bits per heavy atom. The van der Waals surface area contributed by atoms with Crippen LogP contribution in [0.2, 0.25) is 0 Å². The fraction of sp³-hybridized carbons (Fsp3) is 0.300. The van der Waals surface area contributed by atoms with E-state index in [-0.39, 0.29) is 24.6 Å². The minimum Gasteiger partial charge on any atom is -0.508 e. The highest BCUT2D eigenvalue weighted by Crippen LogP contribution is 2.09. The van der Waals surface area contributed by atoms with Crippen LogP contribution in [0.15, 0.2) is 24.3 Å². The molecule has 0 saturated heterocycles. The average Bonchev–Trinajstić information content (AvgIpc) is 2.19.